The molecule has 4 nitrogen and oxygen atoms in total. The highest BCUT2D eigenvalue weighted by atomic mass is 16.6. The van der Waals surface area contributed by atoms with E-state index in [0.29, 0.717) is 6.54 Å². The molecule has 0 aromatic heterocycles. The highest BCUT2D eigenvalue weighted by molar-refractivity contribution is 5.67. The number of alkyl carbamates (subject to hydrolysis) is 1. The Kier molecular flexibility index (Phi) is 12.1. The Morgan fingerprint density at radius 2 is 1.67 bits per heavy atom. The third-order valence-corrected chi connectivity index (χ3v) is 2.76. The summed E-state index contributed by atoms with van der Waals surface area (Å²) in [5.74, 6) is 0. The van der Waals surface area contributed by atoms with Gasteiger partial charge in [-0.05, 0) is 13.3 Å². The number of nitrogens with one attached hydrogen (secondary N) is 1. The Hall–Kier alpha value is -0.770. The Labute approximate surface area is 111 Å². The van der Waals surface area contributed by atoms with Gasteiger partial charge in [-0.15, -0.1) is 0 Å². The minimum absolute atomic E-state index is 0.0588. The first kappa shape index (κ1) is 17.2. The number of carbonyl (C=O) groups is 1. The molecule has 0 aliphatic carbocycles. The first-order valence-electron chi connectivity index (χ1n) is 7.25. The van der Waals surface area contributed by atoms with Gasteiger partial charge in [0.05, 0.1) is 6.10 Å². The van der Waals surface area contributed by atoms with Crippen molar-refractivity contribution in [1.29, 1.82) is 0 Å². The van der Waals surface area contributed by atoms with Crippen LogP contribution in [0.4, 0.5) is 4.79 Å². The fourth-order valence-electron chi connectivity index (χ4n) is 1.70. The van der Waals surface area contributed by atoms with Gasteiger partial charge in [0.2, 0.25) is 0 Å². The van der Waals surface area contributed by atoms with E-state index in [1.165, 1.54) is 38.5 Å². The molecule has 0 saturated carbocycles. The van der Waals surface area contributed by atoms with Crippen molar-refractivity contribution in [2.24, 2.45) is 0 Å². The number of hydrogen-bond acceptors (Lipinski definition) is 3. The number of rotatable bonds is 11. The summed E-state index contributed by atoms with van der Waals surface area (Å²) in [6.07, 6.45) is 8.98. The van der Waals surface area contributed by atoms with Gasteiger partial charge in [0.25, 0.3) is 0 Å². The fourth-order valence-corrected chi connectivity index (χ4v) is 1.70. The van der Waals surface area contributed by atoms with Crippen molar-refractivity contribution >= 4 is 6.09 Å². The molecule has 18 heavy (non-hydrogen) atoms. The van der Waals surface area contributed by atoms with Crippen LogP contribution in [0, 0.1) is 0 Å². The second-order valence-electron chi connectivity index (χ2n) is 4.85. The summed E-state index contributed by atoms with van der Waals surface area (Å²) in [5.41, 5.74) is 0. The summed E-state index contributed by atoms with van der Waals surface area (Å²) >= 11 is 0. The van der Waals surface area contributed by atoms with Crippen molar-refractivity contribution in [2.45, 2.75) is 71.3 Å². The third-order valence-electron chi connectivity index (χ3n) is 2.76. The predicted octanol–water partition coefficient (Wildman–Crippen LogP) is 3.23. The fraction of sp³-hybridized carbons (Fsp3) is 0.929. The van der Waals surface area contributed by atoms with Crippen LogP contribution in [-0.2, 0) is 4.74 Å². The van der Waals surface area contributed by atoms with E-state index in [4.69, 9.17) is 9.84 Å². The summed E-state index contributed by atoms with van der Waals surface area (Å²) < 4.78 is 4.78. The summed E-state index contributed by atoms with van der Waals surface area (Å²) in [5, 5.41) is 11.6. The van der Waals surface area contributed by atoms with Crippen LogP contribution in [0.3, 0.4) is 0 Å². The molecule has 4 heteroatoms. The first-order chi connectivity index (χ1) is 8.66. The number of amides is 1. The molecule has 0 aliphatic rings. The van der Waals surface area contributed by atoms with Crippen LogP contribution in [0.25, 0.3) is 0 Å². The van der Waals surface area contributed by atoms with Gasteiger partial charge in [0.1, 0.15) is 6.61 Å². The first-order valence-corrected chi connectivity index (χ1v) is 7.25. The van der Waals surface area contributed by atoms with Crippen molar-refractivity contribution in [3.63, 3.8) is 0 Å². The van der Waals surface area contributed by atoms with Gasteiger partial charge in [-0.2, -0.15) is 0 Å². The smallest absolute Gasteiger partial charge is 0.407 e. The molecule has 0 radical (unpaired) electrons. The van der Waals surface area contributed by atoms with Crippen LogP contribution in [0.5, 0.6) is 0 Å². The lowest BCUT2D eigenvalue weighted by Gasteiger charge is -2.08. The quantitative estimate of drug-likeness (QED) is 0.560. The standard InChI is InChI=1S/C14H29NO3/c1-3-4-5-6-7-8-9-10-11-15-14(17)18-12-13(2)16/h13,16H,3-12H2,1-2H3,(H,15,17). The van der Waals surface area contributed by atoms with Gasteiger partial charge in [-0.3, -0.25) is 0 Å². The number of aliphatic hydroxyl groups is 1. The van der Waals surface area contributed by atoms with Gasteiger partial charge >= 0.3 is 6.09 Å². The number of ether oxygens (including phenoxy) is 1. The van der Waals surface area contributed by atoms with E-state index in [9.17, 15) is 4.79 Å². The predicted molar refractivity (Wildman–Crippen MR) is 73.6 cm³/mol. The van der Waals surface area contributed by atoms with Gasteiger partial charge in [0, 0.05) is 6.54 Å². The van der Waals surface area contributed by atoms with Crippen LogP contribution >= 0.6 is 0 Å². The normalized spacial score (nSPS) is 12.2. The summed E-state index contributed by atoms with van der Waals surface area (Å²) in [7, 11) is 0. The molecule has 0 rings (SSSR count). The van der Waals surface area contributed by atoms with Crippen molar-refractivity contribution in [3.8, 4) is 0 Å². The second kappa shape index (κ2) is 12.7. The lowest BCUT2D eigenvalue weighted by atomic mass is 10.1. The SMILES string of the molecule is CCCCCCCCCCNC(=O)OCC(C)O. The Morgan fingerprint density at radius 3 is 2.22 bits per heavy atom. The van der Waals surface area contributed by atoms with E-state index >= 15 is 0 Å². The highest BCUT2D eigenvalue weighted by Crippen LogP contribution is 2.07. The van der Waals surface area contributed by atoms with Gasteiger partial charge < -0.3 is 15.2 Å². The Bertz CT molecular complexity index is 195. The van der Waals surface area contributed by atoms with Crippen molar-refractivity contribution < 1.29 is 14.6 Å². The molecule has 2 N–H and O–H groups in total. The second-order valence-corrected chi connectivity index (χ2v) is 4.85. The molecular formula is C14H29NO3. The molecule has 0 heterocycles. The Morgan fingerprint density at radius 1 is 1.11 bits per heavy atom. The average molecular weight is 259 g/mol. The summed E-state index contributed by atoms with van der Waals surface area (Å²) in [4.78, 5) is 11.1. The van der Waals surface area contributed by atoms with Crippen LogP contribution in [0.1, 0.15) is 65.2 Å². The minimum Gasteiger partial charge on any atom is -0.447 e. The number of aliphatic hydroxyl groups excluding tert-OH is 1. The topological polar surface area (TPSA) is 58.6 Å². The van der Waals surface area contributed by atoms with E-state index in [2.05, 4.69) is 12.2 Å². The molecule has 0 aromatic carbocycles. The lowest BCUT2D eigenvalue weighted by Crippen LogP contribution is -2.27. The minimum atomic E-state index is -0.598. The van der Waals surface area contributed by atoms with E-state index < -0.39 is 12.2 Å². The molecule has 1 amide bonds. The Balaban J connectivity index is 3.12. The summed E-state index contributed by atoms with van der Waals surface area (Å²) in [6, 6.07) is 0. The summed E-state index contributed by atoms with van der Waals surface area (Å²) in [6.45, 7) is 4.53. The zero-order valence-electron chi connectivity index (χ0n) is 11.9. The molecule has 0 saturated heterocycles. The molecule has 0 bridgehead atoms. The van der Waals surface area contributed by atoms with E-state index in [1.54, 1.807) is 6.92 Å². The molecule has 1 unspecified atom stereocenters. The molecule has 0 spiro atoms. The largest absolute Gasteiger partial charge is 0.447 e. The van der Waals surface area contributed by atoms with Crippen LogP contribution < -0.4 is 5.32 Å². The monoisotopic (exact) mass is 259 g/mol. The van der Waals surface area contributed by atoms with Crippen LogP contribution in [0.2, 0.25) is 0 Å². The average Bonchev–Trinajstić information content (AvgIpc) is 2.34. The molecular weight excluding hydrogens is 230 g/mol. The maximum atomic E-state index is 11.1. The lowest BCUT2D eigenvalue weighted by molar-refractivity contribution is 0.0780. The van der Waals surface area contributed by atoms with Crippen molar-refractivity contribution in [3.05, 3.63) is 0 Å². The molecule has 0 fully saturated rings. The third kappa shape index (κ3) is 13.3. The van der Waals surface area contributed by atoms with E-state index in [-0.39, 0.29) is 6.61 Å². The van der Waals surface area contributed by atoms with Crippen LogP contribution in [-0.4, -0.2) is 30.5 Å². The van der Waals surface area contributed by atoms with Crippen molar-refractivity contribution in [1.82, 2.24) is 5.32 Å². The van der Waals surface area contributed by atoms with Gasteiger partial charge in [0.15, 0.2) is 0 Å². The number of unbranched alkanes of at least 4 members (excludes halogenated alkanes) is 7. The van der Waals surface area contributed by atoms with E-state index in [0.717, 1.165) is 12.8 Å². The molecule has 0 aromatic rings. The van der Waals surface area contributed by atoms with Gasteiger partial charge in [-0.25, -0.2) is 4.79 Å². The van der Waals surface area contributed by atoms with Crippen molar-refractivity contribution in [2.75, 3.05) is 13.2 Å². The highest BCUT2D eigenvalue weighted by Gasteiger charge is 2.02. The van der Waals surface area contributed by atoms with Crippen LogP contribution in [0.15, 0.2) is 0 Å². The zero-order valence-corrected chi connectivity index (χ0v) is 11.9. The van der Waals surface area contributed by atoms with E-state index in [1.807, 2.05) is 0 Å². The molecule has 1 atom stereocenters. The zero-order chi connectivity index (χ0) is 13.6. The molecule has 0 aliphatic heterocycles. The van der Waals surface area contributed by atoms with Gasteiger partial charge in [-0.1, -0.05) is 51.9 Å². The number of carbonyl (C=O) groups excluding carboxylic acids is 1. The molecule has 108 valence electrons. The maximum Gasteiger partial charge on any atom is 0.407 e. The maximum absolute atomic E-state index is 11.1. The number of hydrogen-bond donors (Lipinski definition) is 2.